The van der Waals surface area contributed by atoms with Gasteiger partial charge in [0.25, 0.3) is 0 Å². The van der Waals surface area contributed by atoms with Crippen LogP contribution in [0.4, 0.5) is 0 Å². The minimum Gasteiger partial charge on any atom is -0.385 e. The van der Waals surface area contributed by atoms with Gasteiger partial charge in [0.05, 0.1) is 18.8 Å². The fraction of sp³-hybridized carbons (Fsp3) is 0.944. The second-order valence-electron chi connectivity index (χ2n) is 6.59. The van der Waals surface area contributed by atoms with Crippen molar-refractivity contribution in [2.75, 3.05) is 53.1 Å². The van der Waals surface area contributed by atoms with Crippen LogP contribution in [0.25, 0.3) is 0 Å². The lowest BCUT2D eigenvalue weighted by Crippen LogP contribution is -2.47. The number of hydrogen-bond acceptors (Lipinski definition) is 4. The highest BCUT2D eigenvalue weighted by molar-refractivity contribution is 14.0. The Balaban J connectivity index is 0.00000312. The predicted molar refractivity (Wildman–Crippen MR) is 112 cm³/mol. The van der Waals surface area contributed by atoms with Gasteiger partial charge in [-0.2, -0.15) is 0 Å². The Hall–Kier alpha value is -0.120. The van der Waals surface area contributed by atoms with E-state index in [0.717, 1.165) is 77.6 Å². The summed E-state index contributed by atoms with van der Waals surface area (Å²) in [7, 11) is 1.73. The van der Waals surface area contributed by atoms with Crippen LogP contribution in [0.2, 0.25) is 0 Å². The van der Waals surface area contributed by atoms with Crippen LogP contribution in [0.1, 0.15) is 45.4 Å². The fourth-order valence-electron chi connectivity index (χ4n) is 3.24. The predicted octanol–water partition coefficient (Wildman–Crippen LogP) is 2.66. The van der Waals surface area contributed by atoms with Crippen LogP contribution >= 0.6 is 24.0 Å². The highest BCUT2D eigenvalue weighted by Gasteiger charge is 2.23. The first-order valence-corrected chi connectivity index (χ1v) is 9.59. The first-order valence-electron chi connectivity index (χ1n) is 9.59. The SMILES string of the molecule is CCNC(=NCCCOC)N1CCC(OCC2CCCCO2)CC1.I. The summed E-state index contributed by atoms with van der Waals surface area (Å²) in [5.74, 6) is 1.03. The molecule has 0 amide bonds. The van der Waals surface area contributed by atoms with Gasteiger partial charge in [-0.3, -0.25) is 4.99 Å². The molecule has 0 spiro atoms. The van der Waals surface area contributed by atoms with Gasteiger partial charge < -0.3 is 24.4 Å². The Morgan fingerprint density at radius 3 is 2.68 bits per heavy atom. The van der Waals surface area contributed by atoms with Crippen LogP contribution < -0.4 is 5.32 Å². The molecule has 0 radical (unpaired) electrons. The number of rotatable bonds is 8. The molecule has 2 saturated heterocycles. The van der Waals surface area contributed by atoms with Crippen LogP contribution in [-0.2, 0) is 14.2 Å². The molecule has 0 saturated carbocycles. The van der Waals surface area contributed by atoms with Crippen molar-refractivity contribution in [1.29, 1.82) is 0 Å². The molecule has 1 atom stereocenters. The zero-order valence-electron chi connectivity index (χ0n) is 15.9. The van der Waals surface area contributed by atoms with E-state index in [-0.39, 0.29) is 24.0 Å². The fourth-order valence-corrected chi connectivity index (χ4v) is 3.24. The number of halogens is 1. The van der Waals surface area contributed by atoms with Crippen LogP contribution in [-0.4, -0.2) is 76.2 Å². The van der Waals surface area contributed by atoms with Gasteiger partial charge in [-0.05, 0) is 45.4 Å². The molecule has 6 nitrogen and oxygen atoms in total. The molecule has 2 aliphatic rings. The topological polar surface area (TPSA) is 55.3 Å². The minimum atomic E-state index is 0. The Labute approximate surface area is 170 Å². The van der Waals surface area contributed by atoms with Gasteiger partial charge in [-0.25, -0.2) is 0 Å². The van der Waals surface area contributed by atoms with Crippen molar-refractivity contribution in [2.24, 2.45) is 4.99 Å². The molecule has 2 rings (SSSR count). The Morgan fingerprint density at radius 1 is 1.24 bits per heavy atom. The van der Waals surface area contributed by atoms with Crippen molar-refractivity contribution >= 4 is 29.9 Å². The molecule has 1 N–H and O–H groups in total. The first kappa shape index (κ1) is 22.9. The second-order valence-corrected chi connectivity index (χ2v) is 6.59. The Kier molecular flexibility index (Phi) is 12.8. The van der Waals surface area contributed by atoms with Crippen LogP contribution in [0, 0.1) is 0 Å². The van der Waals surface area contributed by atoms with Crippen molar-refractivity contribution in [3.63, 3.8) is 0 Å². The summed E-state index contributed by atoms with van der Waals surface area (Å²) < 4.78 is 16.9. The largest absolute Gasteiger partial charge is 0.385 e. The van der Waals surface area contributed by atoms with Crippen LogP contribution in [0.5, 0.6) is 0 Å². The smallest absolute Gasteiger partial charge is 0.193 e. The standard InChI is InChI=1S/C18H35N3O3.HI/c1-3-19-18(20-10-6-13-22-2)21-11-8-16(9-12-21)24-15-17-7-4-5-14-23-17;/h16-17H,3-15H2,1-2H3,(H,19,20);1H. The lowest BCUT2D eigenvalue weighted by atomic mass is 10.1. The van der Waals surface area contributed by atoms with E-state index in [2.05, 4.69) is 17.1 Å². The summed E-state index contributed by atoms with van der Waals surface area (Å²) in [5.41, 5.74) is 0. The Morgan fingerprint density at radius 2 is 2.04 bits per heavy atom. The van der Waals surface area contributed by atoms with Gasteiger partial charge in [0.1, 0.15) is 0 Å². The molecule has 25 heavy (non-hydrogen) atoms. The van der Waals surface area contributed by atoms with Gasteiger partial charge >= 0.3 is 0 Å². The van der Waals surface area contributed by atoms with Crippen molar-refractivity contribution in [2.45, 2.75) is 57.7 Å². The van der Waals surface area contributed by atoms with E-state index in [4.69, 9.17) is 19.2 Å². The van der Waals surface area contributed by atoms with Gasteiger partial charge in [0, 0.05) is 46.5 Å². The highest BCUT2D eigenvalue weighted by atomic mass is 127. The molecule has 2 fully saturated rings. The van der Waals surface area contributed by atoms with Gasteiger partial charge in [0.2, 0.25) is 0 Å². The van der Waals surface area contributed by atoms with Crippen LogP contribution in [0.15, 0.2) is 4.99 Å². The first-order chi connectivity index (χ1) is 11.8. The van der Waals surface area contributed by atoms with E-state index in [0.29, 0.717) is 12.2 Å². The maximum Gasteiger partial charge on any atom is 0.193 e. The van der Waals surface area contributed by atoms with Crippen LogP contribution in [0.3, 0.4) is 0 Å². The number of piperidine rings is 1. The molecule has 0 aromatic carbocycles. The molecule has 1 unspecified atom stereocenters. The molecular formula is C18H36IN3O3. The molecule has 0 aromatic rings. The van der Waals surface area contributed by atoms with Crippen molar-refractivity contribution in [3.8, 4) is 0 Å². The van der Waals surface area contributed by atoms with E-state index in [1.54, 1.807) is 7.11 Å². The minimum absolute atomic E-state index is 0. The number of ether oxygens (including phenoxy) is 3. The van der Waals surface area contributed by atoms with E-state index < -0.39 is 0 Å². The third-order valence-corrected chi connectivity index (χ3v) is 4.64. The molecule has 2 aliphatic heterocycles. The average Bonchev–Trinajstić information content (AvgIpc) is 2.64. The number of nitrogens with zero attached hydrogens (tertiary/aromatic N) is 2. The third-order valence-electron chi connectivity index (χ3n) is 4.64. The lowest BCUT2D eigenvalue weighted by molar-refractivity contribution is -0.0721. The number of likely N-dealkylation sites (tertiary alicyclic amines) is 1. The average molecular weight is 469 g/mol. The van der Waals surface area contributed by atoms with Gasteiger partial charge in [-0.15, -0.1) is 24.0 Å². The lowest BCUT2D eigenvalue weighted by Gasteiger charge is -2.35. The maximum atomic E-state index is 6.10. The zero-order valence-corrected chi connectivity index (χ0v) is 18.2. The van der Waals surface area contributed by atoms with Gasteiger partial charge in [-0.1, -0.05) is 0 Å². The van der Waals surface area contributed by atoms with E-state index in [9.17, 15) is 0 Å². The molecule has 0 aliphatic carbocycles. The number of aliphatic imine (C=N–C) groups is 1. The molecule has 0 bridgehead atoms. The summed E-state index contributed by atoms with van der Waals surface area (Å²) in [4.78, 5) is 7.06. The summed E-state index contributed by atoms with van der Waals surface area (Å²) in [6.07, 6.45) is 7.40. The zero-order chi connectivity index (χ0) is 17.0. The molecule has 2 heterocycles. The number of guanidine groups is 1. The van der Waals surface area contributed by atoms with E-state index >= 15 is 0 Å². The Bertz CT molecular complexity index is 357. The quantitative estimate of drug-likeness (QED) is 0.257. The molecule has 0 aromatic heterocycles. The molecule has 7 heteroatoms. The number of nitrogens with one attached hydrogen (secondary N) is 1. The summed E-state index contributed by atoms with van der Waals surface area (Å²) in [6, 6.07) is 0. The van der Waals surface area contributed by atoms with E-state index in [1.165, 1.54) is 12.8 Å². The van der Waals surface area contributed by atoms with Crippen molar-refractivity contribution in [1.82, 2.24) is 10.2 Å². The molecule has 148 valence electrons. The van der Waals surface area contributed by atoms with Gasteiger partial charge in [0.15, 0.2) is 5.96 Å². The highest BCUT2D eigenvalue weighted by Crippen LogP contribution is 2.18. The third kappa shape index (κ3) is 8.88. The monoisotopic (exact) mass is 469 g/mol. The summed E-state index contributed by atoms with van der Waals surface area (Å²) >= 11 is 0. The van der Waals surface area contributed by atoms with Crippen molar-refractivity contribution < 1.29 is 14.2 Å². The summed E-state index contributed by atoms with van der Waals surface area (Å²) in [5, 5.41) is 3.40. The maximum absolute atomic E-state index is 6.10. The van der Waals surface area contributed by atoms with E-state index in [1.807, 2.05) is 0 Å². The molecular weight excluding hydrogens is 433 g/mol. The summed E-state index contributed by atoms with van der Waals surface area (Å²) in [6.45, 7) is 8.27. The normalized spacial score (nSPS) is 22.6. The second kappa shape index (κ2) is 14.0. The van der Waals surface area contributed by atoms with Crippen molar-refractivity contribution in [3.05, 3.63) is 0 Å². The number of hydrogen-bond donors (Lipinski definition) is 1. The number of methoxy groups -OCH3 is 1.